The van der Waals surface area contributed by atoms with Gasteiger partial charge in [-0.3, -0.25) is 14.5 Å². The van der Waals surface area contributed by atoms with Gasteiger partial charge < -0.3 is 10.2 Å². The summed E-state index contributed by atoms with van der Waals surface area (Å²) in [7, 11) is 0. The second-order valence-electron chi connectivity index (χ2n) is 7.23. The highest BCUT2D eigenvalue weighted by Gasteiger charge is 2.47. The number of hydrogen-bond acceptors (Lipinski definition) is 4. The van der Waals surface area contributed by atoms with Crippen LogP contribution in [0.5, 0.6) is 5.75 Å². The van der Waals surface area contributed by atoms with Crippen LogP contribution in [0.15, 0.2) is 72.3 Å². The highest BCUT2D eigenvalue weighted by molar-refractivity contribution is 6.52. The van der Waals surface area contributed by atoms with Gasteiger partial charge in [0, 0.05) is 16.3 Å². The average molecular weight is 454 g/mol. The number of phenols is 1. The number of ketones is 1. The first kappa shape index (κ1) is 21.0. The molecule has 31 heavy (non-hydrogen) atoms. The zero-order valence-electron chi connectivity index (χ0n) is 16.3. The van der Waals surface area contributed by atoms with Crippen LogP contribution >= 0.6 is 23.2 Å². The van der Waals surface area contributed by atoms with E-state index < -0.39 is 17.7 Å². The van der Waals surface area contributed by atoms with Gasteiger partial charge in [-0.05, 0) is 42.8 Å². The molecule has 7 heteroatoms. The molecule has 1 aliphatic rings. The minimum absolute atomic E-state index is 0.0597. The van der Waals surface area contributed by atoms with Gasteiger partial charge in [-0.15, -0.1) is 0 Å². The third kappa shape index (κ3) is 3.78. The van der Waals surface area contributed by atoms with Crippen LogP contribution in [0, 0.1) is 6.92 Å². The maximum absolute atomic E-state index is 13.1. The van der Waals surface area contributed by atoms with Gasteiger partial charge in [0.2, 0.25) is 0 Å². The number of rotatable bonds is 3. The Bertz CT molecular complexity index is 1230. The molecule has 1 heterocycles. The minimum Gasteiger partial charge on any atom is -0.507 e. The van der Waals surface area contributed by atoms with Gasteiger partial charge in [-0.2, -0.15) is 0 Å². The summed E-state index contributed by atoms with van der Waals surface area (Å²) in [6.45, 7) is 1.90. The Labute approximate surface area is 188 Å². The first-order valence-electron chi connectivity index (χ1n) is 9.40. The largest absolute Gasteiger partial charge is 0.507 e. The molecule has 5 nitrogen and oxygen atoms in total. The van der Waals surface area contributed by atoms with Gasteiger partial charge in [0.25, 0.3) is 11.7 Å². The molecule has 2 N–H and O–H groups in total. The summed E-state index contributed by atoms with van der Waals surface area (Å²) in [5.41, 5.74) is 2.17. The van der Waals surface area contributed by atoms with Gasteiger partial charge in [0.05, 0.1) is 16.6 Å². The maximum Gasteiger partial charge on any atom is 0.300 e. The van der Waals surface area contributed by atoms with E-state index in [9.17, 15) is 19.8 Å². The summed E-state index contributed by atoms with van der Waals surface area (Å²) >= 11 is 12.2. The minimum atomic E-state index is -0.960. The molecule has 0 aliphatic carbocycles. The molecular weight excluding hydrogens is 437 g/mol. The van der Waals surface area contributed by atoms with Gasteiger partial charge in [-0.25, -0.2) is 0 Å². The van der Waals surface area contributed by atoms with Crippen LogP contribution in [0.1, 0.15) is 22.7 Å². The predicted octanol–water partition coefficient (Wildman–Crippen LogP) is 5.63. The quantitative estimate of drug-likeness (QED) is 0.305. The summed E-state index contributed by atoms with van der Waals surface area (Å²) in [6, 6.07) is 16.9. The number of aliphatic hydroxyl groups excluding tert-OH is 1. The molecule has 1 unspecified atom stereocenters. The Morgan fingerprint density at radius 2 is 1.68 bits per heavy atom. The third-order valence-electron chi connectivity index (χ3n) is 5.14. The van der Waals surface area contributed by atoms with E-state index in [1.54, 1.807) is 54.6 Å². The van der Waals surface area contributed by atoms with E-state index in [1.165, 1.54) is 17.0 Å². The van der Waals surface area contributed by atoms with Crippen LogP contribution in [0.2, 0.25) is 10.0 Å². The van der Waals surface area contributed by atoms with E-state index in [4.69, 9.17) is 23.2 Å². The molecule has 1 fully saturated rings. The van der Waals surface area contributed by atoms with Crippen molar-refractivity contribution in [3.05, 3.63) is 99.0 Å². The second kappa shape index (κ2) is 8.10. The lowest BCUT2D eigenvalue weighted by atomic mass is 9.94. The number of nitrogens with zero attached hydrogens (tertiary/aromatic N) is 1. The molecule has 1 saturated heterocycles. The number of benzene rings is 3. The lowest BCUT2D eigenvalue weighted by Gasteiger charge is -2.25. The number of anilines is 1. The van der Waals surface area contributed by atoms with E-state index in [0.717, 1.165) is 5.56 Å². The number of aromatic hydroxyl groups is 1. The molecule has 0 saturated carbocycles. The Balaban J connectivity index is 1.97. The molecule has 1 atom stereocenters. The highest BCUT2D eigenvalue weighted by atomic mass is 35.5. The Morgan fingerprint density at radius 1 is 0.968 bits per heavy atom. The topological polar surface area (TPSA) is 77.8 Å². The second-order valence-corrected chi connectivity index (χ2v) is 8.07. The fourth-order valence-electron chi connectivity index (χ4n) is 3.60. The molecule has 0 bridgehead atoms. The van der Waals surface area contributed by atoms with Crippen molar-refractivity contribution in [2.75, 3.05) is 4.90 Å². The smallest absolute Gasteiger partial charge is 0.300 e. The molecule has 3 aromatic carbocycles. The summed E-state index contributed by atoms with van der Waals surface area (Å²) in [6.07, 6.45) is 0. The number of aliphatic hydroxyl groups is 1. The normalized spacial score (nSPS) is 17.9. The lowest BCUT2D eigenvalue weighted by Crippen LogP contribution is -2.29. The van der Waals surface area contributed by atoms with Crippen molar-refractivity contribution in [3.63, 3.8) is 0 Å². The van der Waals surface area contributed by atoms with E-state index in [2.05, 4.69) is 0 Å². The van der Waals surface area contributed by atoms with Gasteiger partial charge >= 0.3 is 0 Å². The summed E-state index contributed by atoms with van der Waals surface area (Å²) < 4.78 is 0. The number of hydrogen-bond donors (Lipinski definition) is 2. The number of amides is 1. The lowest BCUT2D eigenvalue weighted by molar-refractivity contribution is -0.132. The molecule has 156 valence electrons. The Hall–Kier alpha value is -3.28. The summed E-state index contributed by atoms with van der Waals surface area (Å²) in [5.74, 6) is -2.06. The molecule has 0 spiro atoms. The number of carbonyl (C=O) groups excluding carboxylic acids is 2. The number of Topliss-reactive ketones (excluding diaryl/α,β-unsaturated/α-hetero) is 1. The van der Waals surface area contributed by atoms with Gasteiger partial charge in [-0.1, -0.05) is 65.2 Å². The van der Waals surface area contributed by atoms with Crippen molar-refractivity contribution in [1.29, 1.82) is 0 Å². The van der Waals surface area contributed by atoms with E-state index in [1.807, 2.05) is 6.92 Å². The molecule has 1 aliphatic heterocycles. The Kier molecular flexibility index (Phi) is 5.48. The number of phenolic OH excluding ortho intramolecular Hbond substituents is 1. The van der Waals surface area contributed by atoms with Crippen molar-refractivity contribution in [1.82, 2.24) is 0 Å². The third-order valence-corrected chi connectivity index (χ3v) is 5.68. The van der Waals surface area contributed by atoms with Crippen molar-refractivity contribution in [3.8, 4) is 5.75 Å². The average Bonchev–Trinajstić information content (AvgIpc) is 3.01. The molecule has 3 aromatic rings. The van der Waals surface area contributed by atoms with E-state index in [0.29, 0.717) is 21.8 Å². The number of aryl methyl sites for hydroxylation is 1. The van der Waals surface area contributed by atoms with Crippen molar-refractivity contribution < 1.29 is 19.8 Å². The first-order valence-corrected chi connectivity index (χ1v) is 10.2. The molecule has 1 amide bonds. The fraction of sp³-hybridized carbons (Fsp3) is 0.0833. The fourth-order valence-corrected chi connectivity index (χ4v) is 3.97. The monoisotopic (exact) mass is 453 g/mol. The molecule has 4 rings (SSSR count). The van der Waals surface area contributed by atoms with Crippen LogP contribution in [0.3, 0.4) is 0 Å². The molecule has 0 aromatic heterocycles. The maximum atomic E-state index is 13.1. The highest BCUT2D eigenvalue weighted by Crippen LogP contribution is 2.43. The molecule has 0 radical (unpaired) electrons. The van der Waals surface area contributed by atoms with Crippen LogP contribution in [0.25, 0.3) is 5.76 Å². The van der Waals surface area contributed by atoms with Crippen molar-refractivity contribution in [2.45, 2.75) is 13.0 Å². The predicted molar refractivity (Wildman–Crippen MR) is 121 cm³/mol. The Morgan fingerprint density at radius 3 is 2.32 bits per heavy atom. The van der Waals surface area contributed by atoms with Crippen LogP contribution < -0.4 is 4.90 Å². The molecular formula is C24H17Cl2NO4. The number of halogens is 2. The van der Waals surface area contributed by atoms with Crippen LogP contribution in [0.4, 0.5) is 5.69 Å². The zero-order chi connectivity index (χ0) is 22.3. The zero-order valence-corrected chi connectivity index (χ0v) is 17.9. The summed E-state index contributed by atoms with van der Waals surface area (Å²) in [5, 5.41) is 21.3. The van der Waals surface area contributed by atoms with Crippen LogP contribution in [-0.4, -0.2) is 21.9 Å². The van der Waals surface area contributed by atoms with Crippen LogP contribution in [-0.2, 0) is 9.59 Å². The van der Waals surface area contributed by atoms with E-state index >= 15 is 0 Å². The van der Waals surface area contributed by atoms with Gasteiger partial charge in [0.15, 0.2) is 0 Å². The summed E-state index contributed by atoms with van der Waals surface area (Å²) in [4.78, 5) is 27.4. The number of carbonyl (C=O) groups is 2. The van der Waals surface area contributed by atoms with Crippen molar-refractivity contribution >= 4 is 46.3 Å². The standard InChI is InChI=1S/C24H17Cl2NO4/c1-13-5-7-14(8-6-13)22(29)20-21(15-9-10-19(28)18(26)11-15)27(24(31)23(20)30)17-4-2-3-16(25)12-17/h2-12,21,28-29H,1H3/b22-20-. The van der Waals surface area contributed by atoms with Crippen molar-refractivity contribution in [2.24, 2.45) is 0 Å². The van der Waals surface area contributed by atoms with E-state index in [-0.39, 0.29) is 22.1 Å². The first-order chi connectivity index (χ1) is 14.8. The SMILES string of the molecule is Cc1ccc(/C(O)=C2/C(=O)C(=O)N(c3cccc(Cl)c3)C2c2ccc(O)c(Cl)c2)cc1. The van der Waals surface area contributed by atoms with Gasteiger partial charge in [0.1, 0.15) is 11.5 Å².